The van der Waals surface area contributed by atoms with Gasteiger partial charge in [-0.2, -0.15) is 0 Å². The van der Waals surface area contributed by atoms with Gasteiger partial charge in [0.1, 0.15) is 17.8 Å². The second-order valence-electron chi connectivity index (χ2n) is 4.75. The molecule has 0 unspecified atom stereocenters. The Kier molecular flexibility index (Phi) is 7.67. The van der Waals surface area contributed by atoms with Gasteiger partial charge in [0.25, 0.3) is 0 Å². The van der Waals surface area contributed by atoms with Gasteiger partial charge in [0.15, 0.2) is 0 Å². The number of carboxylic acids is 1. The van der Waals surface area contributed by atoms with Crippen LogP contribution in [0.4, 0.5) is 0 Å². The summed E-state index contributed by atoms with van der Waals surface area (Å²) in [5.41, 5.74) is 2.01. The number of hydrogen-bond donors (Lipinski definition) is 4. The number of benzene rings is 1. The molecule has 0 aliphatic carbocycles. The van der Waals surface area contributed by atoms with Crippen molar-refractivity contribution in [2.75, 3.05) is 14.2 Å². The highest BCUT2D eigenvalue weighted by molar-refractivity contribution is 7.80. The van der Waals surface area contributed by atoms with E-state index in [0.717, 1.165) is 21.8 Å². The van der Waals surface area contributed by atoms with Crippen LogP contribution in [0, 0.1) is 6.92 Å². The summed E-state index contributed by atoms with van der Waals surface area (Å²) in [7, 11) is 3.37. The van der Waals surface area contributed by atoms with Crippen molar-refractivity contribution in [3.63, 3.8) is 0 Å². The Morgan fingerprint density at radius 1 is 1.39 bits per heavy atom. The quantitative estimate of drug-likeness (QED) is 0.626. The predicted molar refractivity (Wildman–Crippen MR) is 89.3 cm³/mol. The van der Waals surface area contributed by atoms with Gasteiger partial charge in [0, 0.05) is 4.90 Å². The largest absolute Gasteiger partial charge is 0.497 e. The molecule has 23 heavy (non-hydrogen) atoms. The van der Waals surface area contributed by atoms with Gasteiger partial charge in [-0.15, -0.1) is 12.6 Å². The van der Waals surface area contributed by atoms with Crippen LogP contribution in [0.25, 0.3) is 0 Å². The Morgan fingerprint density at radius 2 is 2.09 bits per heavy atom. The molecule has 2 aromatic rings. The van der Waals surface area contributed by atoms with Crippen LogP contribution in [0.5, 0.6) is 5.75 Å². The van der Waals surface area contributed by atoms with E-state index in [0.29, 0.717) is 12.3 Å². The number of methoxy groups -OCH3 is 1. The maximum absolute atomic E-state index is 10.3. The summed E-state index contributed by atoms with van der Waals surface area (Å²) in [6, 6.07) is 5.18. The number of furan rings is 1. The van der Waals surface area contributed by atoms with Crippen molar-refractivity contribution in [3.05, 3.63) is 46.9 Å². The van der Waals surface area contributed by atoms with Gasteiger partial charge < -0.3 is 24.7 Å². The van der Waals surface area contributed by atoms with Gasteiger partial charge >= 0.3 is 5.97 Å². The van der Waals surface area contributed by atoms with Gasteiger partial charge in [-0.25, -0.2) is 4.79 Å². The second-order valence-corrected chi connectivity index (χ2v) is 5.19. The summed E-state index contributed by atoms with van der Waals surface area (Å²) in [5, 5.41) is 20.3. The minimum atomic E-state index is -0.962. The number of rotatable bonds is 5. The Labute approximate surface area is 140 Å². The lowest BCUT2D eigenvalue weighted by Gasteiger charge is -2.08. The third-order valence-corrected chi connectivity index (χ3v) is 3.65. The lowest BCUT2D eigenvalue weighted by molar-refractivity contribution is 0.0696. The molecule has 0 aliphatic heterocycles. The first-order valence-electron chi connectivity index (χ1n) is 6.85. The molecule has 2 rings (SSSR count). The number of aliphatic hydroxyl groups is 1. The number of aromatic carboxylic acids is 1. The Bertz CT molecular complexity index is 654. The third-order valence-electron chi connectivity index (χ3n) is 3.01. The molecule has 0 radical (unpaired) electrons. The van der Waals surface area contributed by atoms with Crippen LogP contribution in [-0.2, 0) is 13.2 Å². The van der Waals surface area contributed by atoms with Crippen molar-refractivity contribution in [2.24, 2.45) is 0 Å². The average molecular weight is 339 g/mol. The zero-order valence-electron chi connectivity index (χ0n) is 13.3. The van der Waals surface area contributed by atoms with Crippen LogP contribution >= 0.6 is 12.6 Å². The van der Waals surface area contributed by atoms with E-state index in [1.165, 1.54) is 12.3 Å². The van der Waals surface area contributed by atoms with Gasteiger partial charge in [0.2, 0.25) is 0 Å². The average Bonchev–Trinajstić information content (AvgIpc) is 3.00. The van der Waals surface area contributed by atoms with Crippen LogP contribution in [0.3, 0.4) is 0 Å². The molecule has 0 fully saturated rings. The summed E-state index contributed by atoms with van der Waals surface area (Å²) in [4.78, 5) is 11.2. The molecule has 0 amide bonds. The van der Waals surface area contributed by atoms with Crippen LogP contribution in [0.15, 0.2) is 33.8 Å². The van der Waals surface area contributed by atoms with Crippen molar-refractivity contribution in [3.8, 4) is 5.75 Å². The fourth-order valence-corrected chi connectivity index (χ4v) is 2.01. The minimum absolute atomic E-state index is 0.00310. The maximum Gasteiger partial charge on any atom is 0.338 e. The molecule has 1 heterocycles. The first-order chi connectivity index (χ1) is 10.9. The number of ether oxygens (including phenoxy) is 1. The minimum Gasteiger partial charge on any atom is -0.497 e. The molecule has 6 nitrogen and oxygen atoms in total. The first-order valence-corrected chi connectivity index (χ1v) is 7.30. The SMILES string of the molecule is CNCc1cc(C(=O)O)co1.COc1cc(C)c(S)c(CO)c1. The zero-order valence-corrected chi connectivity index (χ0v) is 14.2. The van der Waals surface area contributed by atoms with Gasteiger partial charge in [-0.1, -0.05) is 0 Å². The molecule has 126 valence electrons. The van der Waals surface area contributed by atoms with E-state index in [1.807, 2.05) is 13.0 Å². The highest BCUT2D eigenvalue weighted by atomic mass is 32.1. The number of nitrogens with one attached hydrogen (secondary N) is 1. The highest BCUT2D eigenvalue weighted by Gasteiger charge is 2.06. The maximum atomic E-state index is 10.3. The molecule has 7 heteroatoms. The standard InChI is InChI=1S/C9H12O2S.C7H9NO3/c1-6-3-8(11-2)4-7(5-10)9(6)12;1-8-3-6-2-5(4-11-6)7(9)10/h3-4,10,12H,5H2,1-2H3;2,4,8H,3H2,1H3,(H,9,10). The number of aryl methyl sites for hydroxylation is 1. The predicted octanol–water partition coefficient (Wildman–Crippen LogP) is 2.48. The van der Waals surface area contributed by atoms with E-state index in [2.05, 4.69) is 17.9 Å². The van der Waals surface area contributed by atoms with Gasteiger partial charge in [0.05, 0.1) is 25.8 Å². The van der Waals surface area contributed by atoms with E-state index in [-0.39, 0.29) is 12.2 Å². The van der Waals surface area contributed by atoms with Crippen molar-refractivity contribution in [1.29, 1.82) is 0 Å². The molecule has 3 N–H and O–H groups in total. The van der Waals surface area contributed by atoms with Gasteiger partial charge in [-0.05, 0) is 43.3 Å². The van der Waals surface area contributed by atoms with Crippen LogP contribution in [0.1, 0.15) is 27.2 Å². The highest BCUT2D eigenvalue weighted by Crippen LogP contribution is 2.24. The number of hydrogen-bond acceptors (Lipinski definition) is 6. The van der Waals surface area contributed by atoms with E-state index in [9.17, 15) is 4.79 Å². The summed E-state index contributed by atoms with van der Waals surface area (Å²) in [6.45, 7) is 2.48. The Balaban J connectivity index is 0.000000231. The van der Waals surface area contributed by atoms with E-state index in [4.69, 9.17) is 19.4 Å². The smallest absolute Gasteiger partial charge is 0.338 e. The first kappa shape index (κ1) is 19.1. The topological polar surface area (TPSA) is 91.9 Å². The normalized spacial score (nSPS) is 9.96. The molecule has 1 aromatic heterocycles. The van der Waals surface area contributed by atoms with Gasteiger partial charge in [-0.3, -0.25) is 0 Å². The molecule has 0 saturated heterocycles. The molecule has 0 bridgehead atoms. The second kappa shape index (κ2) is 9.24. The molecule has 0 atom stereocenters. The zero-order chi connectivity index (χ0) is 17.4. The summed E-state index contributed by atoms with van der Waals surface area (Å²) >= 11 is 4.26. The lowest BCUT2D eigenvalue weighted by Crippen LogP contribution is -2.03. The van der Waals surface area contributed by atoms with Crippen molar-refractivity contribution in [2.45, 2.75) is 25.0 Å². The number of thiol groups is 1. The lowest BCUT2D eigenvalue weighted by atomic mass is 10.1. The number of carbonyl (C=O) groups is 1. The number of carboxylic acid groups (broad SMARTS) is 1. The van der Waals surface area contributed by atoms with Crippen molar-refractivity contribution >= 4 is 18.6 Å². The Hall–Kier alpha value is -1.96. The van der Waals surface area contributed by atoms with Crippen molar-refractivity contribution in [1.82, 2.24) is 5.32 Å². The summed E-state index contributed by atoms with van der Waals surface area (Å²) < 4.78 is 9.97. The van der Waals surface area contributed by atoms with Crippen molar-refractivity contribution < 1.29 is 24.2 Å². The third kappa shape index (κ3) is 5.63. The molecule has 0 spiro atoms. The summed E-state index contributed by atoms with van der Waals surface area (Å²) in [6.07, 6.45) is 1.23. The van der Waals surface area contributed by atoms with E-state index >= 15 is 0 Å². The molecular formula is C16H21NO5S. The fraction of sp³-hybridized carbons (Fsp3) is 0.312. The van der Waals surface area contributed by atoms with E-state index in [1.54, 1.807) is 20.2 Å². The van der Waals surface area contributed by atoms with Crippen LogP contribution in [-0.4, -0.2) is 30.3 Å². The number of aliphatic hydroxyl groups excluding tert-OH is 1. The summed E-state index contributed by atoms with van der Waals surface area (Å²) in [5.74, 6) is 0.426. The monoisotopic (exact) mass is 339 g/mol. The molecule has 1 aromatic carbocycles. The fourth-order valence-electron chi connectivity index (χ4n) is 1.81. The Morgan fingerprint density at radius 3 is 2.57 bits per heavy atom. The molecular weight excluding hydrogens is 318 g/mol. The molecule has 0 aliphatic rings. The van der Waals surface area contributed by atoms with Crippen LogP contribution < -0.4 is 10.1 Å². The molecule has 0 saturated carbocycles. The van der Waals surface area contributed by atoms with E-state index < -0.39 is 5.97 Å². The van der Waals surface area contributed by atoms with Crippen LogP contribution in [0.2, 0.25) is 0 Å².